The van der Waals surface area contributed by atoms with Crippen LogP contribution in [0.1, 0.15) is 18.5 Å². The van der Waals surface area contributed by atoms with Crippen molar-refractivity contribution in [3.63, 3.8) is 0 Å². The van der Waals surface area contributed by atoms with Crippen molar-refractivity contribution in [1.82, 2.24) is 20.1 Å². The van der Waals surface area contributed by atoms with Gasteiger partial charge in [0.05, 0.1) is 6.61 Å². The lowest BCUT2D eigenvalue weighted by Crippen LogP contribution is -2.20. The van der Waals surface area contributed by atoms with E-state index in [9.17, 15) is 4.79 Å². The van der Waals surface area contributed by atoms with Crippen molar-refractivity contribution < 1.29 is 4.74 Å². The van der Waals surface area contributed by atoms with Crippen LogP contribution >= 0.6 is 11.8 Å². The summed E-state index contributed by atoms with van der Waals surface area (Å²) in [5, 5.41) is 10.4. The van der Waals surface area contributed by atoms with E-state index in [0.29, 0.717) is 11.8 Å². The molecule has 7 heteroatoms. The minimum Gasteiger partial charge on any atom is -0.494 e. The van der Waals surface area contributed by atoms with Gasteiger partial charge >= 0.3 is 5.69 Å². The van der Waals surface area contributed by atoms with Gasteiger partial charge in [-0.25, -0.2) is 9.89 Å². The fourth-order valence-corrected chi connectivity index (χ4v) is 3.05. The first-order chi connectivity index (χ1) is 10.2. The number of aromatic amines is 1. The summed E-state index contributed by atoms with van der Waals surface area (Å²) in [6.45, 7) is 2.61. The monoisotopic (exact) mass is 308 g/mol. The molecule has 0 bridgehead atoms. The SMILES string of the molecule is CCOc1ccccc1C(CSc1n[nH]c(=O)n1C)NC. The Labute approximate surface area is 127 Å². The standard InChI is InChI=1S/C14H20N4O2S/c1-4-20-12-8-6-5-7-10(12)11(15-2)9-21-14-17-16-13(19)18(14)3/h5-8,11,15H,4,9H2,1-3H3,(H,16,19). The zero-order valence-electron chi connectivity index (χ0n) is 12.4. The molecule has 0 saturated heterocycles. The molecule has 0 aliphatic heterocycles. The van der Waals surface area contributed by atoms with Crippen LogP contribution in [0.2, 0.25) is 0 Å². The minimum absolute atomic E-state index is 0.115. The average Bonchev–Trinajstić information content (AvgIpc) is 2.81. The van der Waals surface area contributed by atoms with Crippen molar-refractivity contribution >= 4 is 11.8 Å². The van der Waals surface area contributed by atoms with E-state index in [-0.39, 0.29) is 11.7 Å². The second-order valence-electron chi connectivity index (χ2n) is 4.49. The van der Waals surface area contributed by atoms with E-state index in [1.807, 2.05) is 32.2 Å². The van der Waals surface area contributed by atoms with Gasteiger partial charge in [0.25, 0.3) is 0 Å². The molecule has 0 radical (unpaired) electrons. The molecule has 0 spiro atoms. The third-order valence-electron chi connectivity index (χ3n) is 3.16. The number of hydrogen-bond donors (Lipinski definition) is 2. The van der Waals surface area contributed by atoms with Crippen LogP contribution in [0.5, 0.6) is 5.75 Å². The van der Waals surface area contributed by atoms with E-state index >= 15 is 0 Å². The van der Waals surface area contributed by atoms with Gasteiger partial charge in [0, 0.05) is 24.4 Å². The molecule has 6 nitrogen and oxygen atoms in total. The molecule has 0 fully saturated rings. The first kappa shape index (κ1) is 15.7. The van der Waals surface area contributed by atoms with Gasteiger partial charge < -0.3 is 10.1 Å². The molecule has 1 heterocycles. The number of benzene rings is 1. The van der Waals surface area contributed by atoms with Crippen molar-refractivity contribution in [2.75, 3.05) is 19.4 Å². The Kier molecular flexibility index (Phi) is 5.46. The summed E-state index contributed by atoms with van der Waals surface area (Å²) >= 11 is 1.52. The molecule has 1 atom stereocenters. The van der Waals surface area contributed by atoms with Gasteiger partial charge in [-0.05, 0) is 20.0 Å². The zero-order chi connectivity index (χ0) is 15.2. The van der Waals surface area contributed by atoms with Crippen LogP contribution in [0.4, 0.5) is 0 Å². The number of rotatable bonds is 7. The molecular weight excluding hydrogens is 288 g/mol. The molecule has 0 aliphatic rings. The molecule has 2 rings (SSSR count). The lowest BCUT2D eigenvalue weighted by atomic mass is 10.1. The molecule has 0 amide bonds. The number of hydrogen-bond acceptors (Lipinski definition) is 5. The van der Waals surface area contributed by atoms with Crippen molar-refractivity contribution in [3.05, 3.63) is 40.3 Å². The third kappa shape index (κ3) is 3.68. The first-order valence-electron chi connectivity index (χ1n) is 6.80. The Morgan fingerprint density at radius 3 is 2.86 bits per heavy atom. The lowest BCUT2D eigenvalue weighted by molar-refractivity contribution is 0.333. The summed E-state index contributed by atoms with van der Waals surface area (Å²) in [6.07, 6.45) is 0. The van der Waals surface area contributed by atoms with Crippen molar-refractivity contribution in [1.29, 1.82) is 0 Å². The normalized spacial score (nSPS) is 12.3. The van der Waals surface area contributed by atoms with E-state index in [0.717, 1.165) is 17.1 Å². The Hall–Kier alpha value is -1.73. The highest BCUT2D eigenvalue weighted by molar-refractivity contribution is 7.99. The lowest BCUT2D eigenvalue weighted by Gasteiger charge is -2.19. The van der Waals surface area contributed by atoms with Crippen LogP contribution in [0.3, 0.4) is 0 Å². The van der Waals surface area contributed by atoms with Crippen LogP contribution < -0.4 is 15.7 Å². The average molecular weight is 308 g/mol. The minimum atomic E-state index is -0.201. The summed E-state index contributed by atoms with van der Waals surface area (Å²) in [6, 6.07) is 8.10. The molecule has 0 saturated carbocycles. The third-order valence-corrected chi connectivity index (χ3v) is 4.28. The largest absolute Gasteiger partial charge is 0.494 e. The summed E-state index contributed by atoms with van der Waals surface area (Å²) in [7, 11) is 3.62. The highest BCUT2D eigenvalue weighted by Crippen LogP contribution is 2.29. The number of aromatic nitrogens is 3. The van der Waals surface area contributed by atoms with Crippen LogP contribution in [0.25, 0.3) is 0 Å². The number of para-hydroxylation sites is 1. The van der Waals surface area contributed by atoms with Gasteiger partial charge in [-0.2, -0.15) is 0 Å². The van der Waals surface area contributed by atoms with Gasteiger partial charge in [0.2, 0.25) is 0 Å². The van der Waals surface area contributed by atoms with Crippen LogP contribution in [-0.2, 0) is 7.05 Å². The Morgan fingerprint density at radius 2 is 2.24 bits per heavy atom. The quantitative estimate of drug-likeness (QED) is 0.760. The van der Waals surface area contributed by atoms with E-state index in [2.05, 4.69) is 21.6 Å². The fourth-order valence-electron chi connectivity index (χ4n) is 2.00. The maximum atomic E-state index is 11.4. The predicted octanol–water partition coefficient (Wildman–Crippen LogP) is 1.56. The van der Waals surface area contributed by atoms with Crippen molar-refractivity contribution in [2.45, 2.75) is 18.1 Å². The molecule has 114 valence electrons. The van der Waals surface area contributed by atoms with Gasteiger partial charge in [-0.1, -0.05) is 30.0 Å². The topological polar surface area (TPSA) is 71.9 Å². The smallest absolute Gasteiger partial charge is 0.343 e. The molecule has 21 heavy (non-hydrogen) atoms. The van der Waals surface area contributed by atoms with Crippen LogP contribution in [-0.4, -0.2) is 34.2 Å². The number of ether oxygens (including phenoxy) is 1. The Balaban J connectivity index is 2.13. The van der Waals surface area contributed by atoms with Crippen LogP contribution in [0, 0.1) is 0 Å². The Bertz CT molecular complexity index is 638. The van der Waals surface area contributed by atoms with Gasteiger partial charge in [0.15, 0.2) is 5.16 Å². The molecular formula is C14H20N4O2S. The van der Waals surface area contributed by atoms with Gasteiger partial charge in [0.1, 0.15) is 5.75 Å². The molecule has 2 N–H and O–H groups in total. The number of thioether (sulfide) groups is 1. The molecule has 1 aromatic carbocycles. The highest BCUT2D eigenvalue weighted by atomic mass is 32.2. The number of nitrogens with zero attached hydrogens (tertiary/aromatic N) is 2. The summed E-state index contributed by atoms with van der Waals surface area (Å²) in [4.78, 5) is 11.4. The number of nitrogens with one attached hydrogen (secondary N) is 2. The number of H-pyrrole nitrogens is 1. The van der Waals surface area contributed by atoms with E-state index in [4.69, 9.17) is 4.74 Å². The summed E-state index contributed by atoms with van der Waals surface area (Å²) in [5.41, 5.74) is 0.906. The predicted molar refractivity (Wildman–Crippen MR) is 84.0 cm³/mol. The zero-order valence-corrected chi connectivity index (χ0v) is 13.2. The Morgan fingerprint density at radius 1 is 1.48 bits per heavy atom. The summed E-state index contributed by atoms with van der Waals surface area (Å²) in [5.74, 6) is 1.63. The molecule has 1 aromatic heterocycles. The second kappa shape index (κ2) is 7.33. The van der Waals surface area contributed by atoms with Crippen LogP contribution in [0.15, 0.2) is 34.2 Å². The second-order valence-corrected chi connectivity index (χ2v) is 5.48. The fraction of sp³-hybridized carbons (Fsp3) is 0.429. The molecule has 1 unspecified atom stereocenters. The van der Waals surface area contributed by atoms with E-state index in [1.165, 1.54) is 16.3 Å². The highest BCUT2D eigenvalue weighted by Gasteiger charge is 2.16. The van der Waals surface area contributed by atoms with Gasteiger partial charge in [-0.15, -0.1) is 5.10 Å². The van der Waals surface area contributed by atoms with E-state index < -0.39 is 0 Å². The van der Waals surface area contributed by atoms with E-state index in [1.54, 1.807) is 7.05 Å². The van der Waals surface area contributed by atoms with Crippen molar-refractivity contribution in [3.8, 4) is 5.75 Å². The molecule has 2 aromatic rings. The first-order valence-corrected chi connectivity index (χ1v) is 7.79. The molecule has 0 aliphatic carbocycles. The summed E-state index contributed by atoms with van der Waals surface area (Å²) < 4.78 is 7.18. The maximum Gasteiger partial charge on any atom is 0.343 e. The maximum absolute atomic E-state index is 11.4. The van der Waals surface area contributed by atoms with Gasteiger partial charge in [-0.3, -0.25) is 4.57 Å². The van der Waals surface area contributed by atoms with Crippen molar-refractivity contribution in [2.24, 2.45) is 7.05 Å².